The van der Waals surface area contributed by atoms with Gasteiger partial charge in [0.25, 0.3) is 0 Å². The second-order valence-corrected chi connectivity index (χ2v) is 6.57. The molecule has 140 valence electrons. The van der Waals surface area contributed by atoms with Crippen molar-refractivity contribution in [1.82, 2.24) is 19.3 Å². The Morgan fingerprint density at radius 3 is 2.70 bits per heavy atom. The van der Waals surface area contributed by atoms with Crippen LogP contribution in [0, 0.1) is 6.92 Å². The molecule has 0 amide bonds. The Kier molecular flexibility index (Phi) is 5.67. The minimum Gasteiger partial charge on any atom is -0.454 e. The molecular formula is C16H16ClN7O2S. The number of aryl methyl sites for hydroxylation is 1. The highest BCUT2D eigenvalue weighted by atomic mass is 35.5. The average Bonchev–Trinajstić information content (AvgIpc) is 3.02. The van der Waals surface area contributed by atoms with Crippen molar-refractivity contribution < 1.29 is 9.53 Å². The first-order chi connectivity index (χ1) is 13.0. The SMILES string of the molecule is CNc1snc(C)c1C(=O)OCc1nc(N)nc(Nc2ccc(Cl)cc2)n1. The standard InChI is InChI=1S/C16H16ClN7O2S/c1-8-12(13(19-2)27-24-8)14(25)26-7-11-21-15(18)23-16(22-11)20-10-5-3-9(17)4-6-10/h3-6,19H,7H2,1-2H3,(H3,18,20,21,22,23). The third kappa shape index (κ3) is 4.60. The van der Waals surface area contributed by atoms with Gasteiger partial charge in [-0.2, -0.15) is 19.3 Å². The van der Waals surface area contributed by atoms with Gasteiger partial charge in [-0.3, -0.25) is 0 Å². The quantitative estimate of drug-likeness (QED) is 0.530. The van der Waals surface area contributed by atoms with Gasteiger partial charge in [0.1, 0.15) is 10.6 Å². The number of halogens is 1. The van der Waals surface area contributed by atoms with Gasteiger partial charge in [0.05, 0.1) is 5.69 Å². The first-order valence-corrected chi connectivity index (χ1v) is 8.95. The van der Waals surface area contributed by atoms with Gasteiger partial charge < -0.3 is 21.1 Å². The normalized spacial score (nSPS) is 10.5. The molecule has 27 heavy (non-hydrogen) atoms. The third-order valence-corrected chi connectivity index (χ3v) is 4.63. The lowest BCUT2D eigenvalue weighted by molar-refractivity contribution is 0.0462. The number of nitrogens with two attached hydrogens (primary N) is 1. The molecule has 11 heteroatoms. The number of nitrogen functional groups attached to an aromatic ring is 1. The van der Waals surface area contributed by atoms with E-state index in [1.807, 2.05) is 0 Å². The summed E-state index contributed by atoms with van der Waals surface area (Å²) in [6.45, 7) is 1.59. The number of carbonyl (C=O) groups excluding carboxylic acids is 1. The molecule has 0 aliphatic carbocycles. The van der Waals surface area contributed by atoms with E-state index in [-0.39, 0.29) is 24.3 Å². The monoisotopic (exact) mass is 405 g/mol. The molecule has 0 radical (unpaired) electrons. The minimum absolute atomic E-state index is 0.0109. The third-order valence-electron chi connectivity index (χ3n) is 3.43. The summed E-state index contributed by atoms with van der Waals surface area (Å²) in [4.78, 5) is 24.6. The maximum absolute atomic E-state index is 12.3. The lowest BCUT2D eigenvalue weighted by Crippen LogP contribution is -2.12. The number of aromatic nitrogens is 4. The van der Waals surface area contributed by atoms with E-state index in [1.165, 1.54) is 11.5 Å². The summed E-state index contributed by atoms with van der Waals surface area (Å²) < 4.78 is 9.45. The maximum atomic E-state index is 12.3. The Morgan fingerprint density at radius 1 is 1.26 bits per heavy atom. The zero-order valence-electron chi connectivity index (χ0n) is 14.5. The first-order valence-electron chi connectivity index (χ1n) is 7.80. The molecule has 0 aliphatic rings. The van der Waals surface area contributed by atoms with E-state index in [1.54, 1.807) is 38.2 Å². The summed E-state index contributed by atoms with van der Waals surface area (Å²) >= 11 is 7.06. The Balaban J connectivity index is 1.71. The predicted molar refractivity (Wildman–Crippen MR) is 104 cm³/mol. The van der Waals surface area contributed by atoms with Crippen LogP contribution in [0.2, 0.25) is 5.02 Å². The molecule has 0 fully saturated rings. The lowest BCUT2D eigenvalue weighted by atomic mass is 10.2. The van der Waals surface area contributed by atoms with Crippen molar-refractivity contribution in [2.24, 2.45) is 0 Å². The molecule has 2 aromatic heterocycles. The van der Waals surface area contributed by atoms with Crippen LogP contribution in [-0.2, 0) is 11.3 Å². The smallest absolute Gasteiger partial charge is 0.343 e. The Morgan fingerprint density at radius 2 is 2.00 bits per heavy atom. The number of benzene rings is 1. The number of esters is 1. The number of anilines is 4. The molecule has 2 heterocycles. The fourth-order valence-electron chi connectivity index (χ4n) is 2.20. The fourth-order valence-corrected chi connectivity index (χ4v) is 3.06. The number of hydrogen-bond acceptors (Lipinski definition) is 10. The van der Waals surface area contributed by atoms with E-state index in [4.69, 9.17) is 22.1 Å². The van der Waals surface area contributed by atoms with Crippen molar-refractivity contribution in [1.29, 1.82) is 0 Å². The zero-order valence-corrected chi connectivity index (χ0v) is 16.1. The average molecular weight is 406 g/mol. The second-order valence-electron chi connectivity index (χ2n) is 5.36. The van der Waals surface area contributed by atoms with Crippen molar-refractivity contribution >= 4 is 51.7 Å². The number of rotatable bonds is 6. The molecule has 3 rings (SSSR count). The summed E-state index contributed by atoms with van der Waals surface area (Å²) in [5, 5.41) is 7.16. The summed E-state index contributed by atoms with van der Waals surface area (Å²) in [6.07, 6.45) is 0. The summed E-state index contributed by atoms with van der Waals surface area (Å²) in [5.74, 6) is -0.0482. The molecule has 9 nitrogen and oxygen atoms in total. The molecule has 0 unspecified atom stereocenters. The van der Waals surface area contributed by atoms with E-state index >= 15 is 0 Å². The summed E-state index contributed by atoms with van der Waals surface area (Å²) in [6, 6.07) is 7.00. The number of carbonyl (C=O) groups is 1. The number of nitrogens with one attached hydrogen (secondary N) is 2. The molecule has 0 aliphatic heterocycles. The van der Waals surface area contributed by atoms with Gasteiger partial charge in [-0.1, -0.05) is 11.6 Å². The van der Waals surface area contributed by atoms with Gasteiger partial charge in [0, 0.05) is 17.8 Å². The molecule has 0 spiro atoms. The van der Waals surface area contributed by atoms with Crippen LogP contribution in [0.3, 0.4) is 0 Å². The summed E-state index contributed by atoms with van der Waals surface area (Å²) in [7, 11) is 1.71. The van der Waals surface area contributed by atoms with Crippen molar-refractivity contribution in [3.05, 3.63) is 46.4 Å². The van der Waals surface area contributed by atoms with Crippen LogP contribution in [0.4, 0.5) is 22.6 Å². The molecule has 0 atom stereocenters. The second kappa shape index (κ2) is 8.14. The van der Waals surface area contributed by atoms with Gasteiger partial charge in [-0.05, 0) is 42.7 Å². The summed E-state index contributed by atoms with van der Waals surface area (Å²) in [5.41, 5.74) is 7.44. The molecule has 0 saturated carbocycles. The highest BCUT2D eigenvalue weighted by Crippen LogP contribution is 2.25. The van der Waals surface area contributed by atoms with Gasteiger partial charge in [-0.25, -0.2) is 4.79 Å². The zero-order chi connectivity index (χ0) is 19.4. The van der Waals surface area contributed by atoms with Crippen LogP contribution < -0.4 is 16.4 Å². The van der Waals surface area contributed by atoms with Crippen LogP contribution in [-0.4, -0.2) is 32.3 Å². The topological polar surface area (TPSA) is 128 Å². The number of nitrogens with zero attached hydrogens (tertiary/aromatic N) is 4. The van der Waals surface area contributed by atoms with Gasteiger partial charge in [0.2, 0.25) is 11.9 Å². The van der Waals surface area contributed by atoms with Crippen LogP contribution in [0.15, 0.2) is 24.3 Å². The van der Waals surface area contributed by atoms with E-state index in [9.17, 15) is 4.79 Å². The molecule has 0 bridgehead atoms. The Bertz CT molecular complexity index is 962. The van der Waals surface area contributed by atoms with Crippen molar-refractivity contribution in [2.75, 3.05) is 23.4 Å². The highest BCUT2D eigenvalue weighted by molar-refractivity contribution is 7.10. The fraction of sp³-hybridized carbons (Fsp3) is 0.188. The highest BCUT2D eigenvalue weighted by Gasteiger charge is 2.19. The molecule has 0 saturated heterocycles. The van der Waals surface area contributed by atoms with Crippen LogP contribution >= 0.6 is 23.1 Å². The van der Waals surface area contributed by atoms with Crippen molar-refractivity contribution in [3.8, 4) is 0 Å². The van der Waals surface area contributed by atoms with E-state index < -0.39 is 5.97 Å². The largest absolute Gasteiger partial charge is 0.454 e. The van der Waals surface area contributed by atoms with E-state index in [2.05, 4.69) is 30.0 Å². The van der Waals surface area contributed by atoms with Gasteiger partial charge in [0.15, 0.2) is 12.4 Å². The Hall–Kier alpha value is -2.98. The van der Waals surface area contributed by atoms with Gasteiger partial charge >= 0.3 is 5.97 Å². The Labute approximate surface area is 164 Å². The maximum Gasteiger partial charge on any atom is 0.343 e. The number of ether oxygens (including phenoxy) is 1. The van der Waals surface area contributed by atoms with Crippen LogP contribution in [0.1, 0.15) is 21.9 Å². The van der Waals surface area contributed by atoms with Crippen LogP contribution in [0.5, 0.6) is 0 Å². The lowest BCUT2D eigenvalue weighted by Gasteiger charge is -2.08. The number of hydrogen-bond donors (Lipinski definition) is 3. The van der Waals surface area contributed by atoms with Gasteiger partial charge in [-0.15, -0.1) is 0 Å². The molecule has 3 aromatic rings. The van der Waals surface area contributed by atoms with Crippen molar-refractivity contribution in [2.45, 2.75) is 13.5 Å². The van der Waals surface area contributed by atoms with E-state index in [0.29, 0.717) is 21.3 Å². The molecule has 4 N–H and O–H groups in total. The predicted octanol–water partition coefficient (Wildman–Crippen LogP) is 3.01. The van der Waals surface area contributed by atoms with Crippen molar-refractivity contribution in [3.63, 3.8) is 0 Å². The molecule has 1 aromatic carbocycles. The first kappa shape index (κ1) is 18.8. The molecular weight excluding hydrogens is 390 g/mol. The van der Waals surface area contributed by atoms with E-state index in [0.717, 1.165) is 5.69 Å². The van der Waals surface area contributed by atoms with Crippen LogP contribution in [0.25, 0.3) is 0 Å². The minimum atomic E-state index is -0.517.